The minimum atomic E-state index is -1.43. The molecule has 1 aromatic carbocycles. The van der Waals surface area contributed by atoms with E-state index in [1.165, 1.54) is 4.90 Å². The second-order valence-electron chi connectivity index (χ2n) is 8.61. The number of nitrogens with one attached hydrogen (secondary N) is 2. The summed E-state index contributed by atoms with van der Waals surface area (Å²) in [4.78, 5) is 52.9. The molecule has 3 saturated heterocycles. The first-order chi connectivity index (χ1) is 14.8. The Balaban J connectivity index is 1.57. The van der Waals surface area contributed by atoms with Crippen LogP contribution in [-0.2, 0) is 29.5 Å². The van der Waals surface area contributed by atoms with Crippen molar-refractivity contribution in [2.24, 2.45) is 17.6 Å². The lowest BCUT2D eigenvalue weighted by Gasteiger charge is -2.30. The average molecular weight is 447 g/mol. The summed E-state index contributed by atoms with van der Waals surface area (Å²) < 4.78 is 5.63. The van der Waals surface area contributed by atoms with Crippen LogP contribution in [0.5, 0.6) is 0 Å². The summed E-state index contributed by atoms with van der Waals surface area (Å²) >= 11 is 6.30. The lowest BCUT2D eigenvalue weighted by Crippen LogP contribution is -2.53. The van der Waals surface area contributed by atoms with Gasteiger partial charge < -0.3 is 15.8 Å². The molecule has 0 aliphatic carbocycles. The second-order valence-corrected chi connectivity index (χ2v) is 9.01. The maximum Gasteiger partial charge on any atom is 0.250 e. The Labute approximate surface area is 183 Å². The van der Waals surface area contributed by atoms with Gasteiger partial charge in [-0.05, 0) is 25.3 Å². The highest BCUT2D eigenvalue weighted by Gasteiger charge is 2.70. The van der Waals surface area contributed by atoms with Crippen LogP contribution in [-0.4, -0.2) is 53.8 Å². The molecule has 4 amide bonds. The third kappa shape index (κ3) is 2.90. The maximum absolute atomic E-state index is 13.6. The number of benzene rings is 1. The molecule has 4 aliphatic rings. The molecule has 0 radical (unpaired) electrons. The number of hydrogen-bond acceptors (Lipinski definition) is 6. The van der Waals surface area contributed by atoms with Gasteiger partial charge in [-0.25, -0.2) is 0 Å². The summed E-state index contributed by atoms with van der Waals surface area (Å²) in [5.74, 6) is -3.38. The number of fused-ring (bicyclic) bond motifs is 4. The van der Waals surface area contributed by atoms with Gasteiger partial charge in [0, 0.05) is 24.6 Å². The molecule has 4 N–H and O–H groups in total. The van der Waals surface area contributed by atoms with E-state index < -0.39 is 41.1 Å². The molecule has 4 aliphatic heterocycles. The molecular formula is C21H23ClN4O5. The summed E-state index contributed by atoms with van der Waals surface area (Å²) in [7, 11) is 0. The van der Waals surface area contributed by atoms with Crippen LogP contribution in [0.25, 0.3) is 0 Å². The number of rotatable bonds is 5. The fourth-order valence-corrected chi connectivity index (χ4v) is 5.79. The van der Waals surface area contributed by atoms with Gasteiger partial charge >= 0.3 is 0 Å². The Morgan fingerprint density at radius 2 is 2.10 bits per heavy atom. The van der Waals surface area contributed by atoms with Crippen molar-refractivity contribution in [2.45, 2.75) is 43.4 Å². The van der Waals surface area contributed by atoms with E-state index in [1.807, 2.05) is 0 Å². The molecule has 3 fully saturated rings. The van der Waals surface area contributed by atoms with Gasteiger partial charge in [0.05, 0.1) is 35.2 Å². The zero-order valence-electron chi connectivity index (χ0n) is 16.7. The van der Waals surface area contributed by atoms with Crippen LogP contribution in [0.2, 0.25) is 5.02 Å². The minimum absolute atomic E-state index is 0.0359. The van der Waals surface area contributed by atoms with Gasteiger partial charge in [0.2, 0.25) is 23.6 Å². The number of nitrogens with zero attached hydrogens (tertiary/aromatic N) is 1. The maximum atomic E-state index is 13.6. The SMILES string of the molecule is NC(=O)CC[C@@H]1N[C@@]2(C(=O)Nc3c(Cl)cccc32)[C@H]2C(=O)N(C[C@@H]3CCCO3)C(=O)[C@H]12. The summed E-state index contributed by atoms with van der Waals surface area (Å²) in [5, 5.41) is 6.40. The van der Waals surface area contributed by atoms with Crippen molar-refractivity contribution in [2.75, 3.05) is 18.5 Å². The highest BCUT2D eigenvalue weighted by molar-refractivity contribution is 6.35. The van der Waals surface area contributed by atoms with Crippen molar-refractivity contribution in [1.82, 2.24) is 10.2 Å². The van der Waals surface area contributed by atoms with Crippen LogP contribution >= 0.6 is 11.6 Å². The number of hydrogen-bond donors (Lipinski definition) is 3. The van der Waals surface area contributed by atoms with Gasteiger partial charge in [0.15, 0.2) is 0 Å². The molecule has 0 aromatic heterocycles. The number of amides is 4. The highest BCUT2D eigenvalue weighted by atomic mass is 35.5. The van der Waals surface area contributed by atoms with Crippen molar-refractivity contribution in [3.05, 3.63) is 28.8 Å². The van der Waals surface area contributed by atoms with Crippen molar-refractivity contribution in [3.8, 4) is 0 Å². The molecule has 4 heterocycles. The molecule has 5 atom stereocenters. The van der Waals surface area contributed by atoms with Crippen LogP contribution in [0.1, 0.15) is 31.2 Å². The normalized spacial score (nSPS) is 33.8. The highest BCUT2D eigenvalue weighted by Crippen LogP contribution is 2.54. The van der Waals surface area contributed by atoms with Crippen LogP contribution in [0.15, 0.2) is 18.2 Å². The number of anilines is 1. The van der Waals surface area contributed by atoms with Crippen molar-refractivity contribution >= 4 is 40.9 Å². The molecule has 1 aromatic rings. The first-order valence-electron chi connectivity index (χ1n) is 10.5. The topological polar surface area (TPSA) is 131 Å². The van der Waals surface area contributed by atoms with Crippen LogP contribution < -0.4 is 16.4 Å². The monoisotopic (exact) mass is 446 g/mol. The summed E-state index contributed by atoms with van der Waals surface area (Å²) in [5.41, 5.74) is 4.89. The Kier molecular flexibility index (Phi) is 4.80. The van der Waals surface area contributed by atoms with E-state index in [1.54, 1.807) is 18.2 Å². The summed E-state index contributed by atoms with van der Waals surface area (Å²) in [6, 6.07) is 4.55. The minimum Gasteiger partial charge on any atom is -0.376 e. The molecule has 0 bridgehead atoms. The number of likely N-dealkylation sites (tertiary alicyclic amines) is 1. The molecule has 164 valence electrons. The number of ether oxygens (including phenoxy) is 1. The summed E-state index contributed by atoms with van der Waals surface area (Å²) in [6.45, 7) is 0.780. The number of carbonyl (C=O) groups excluding carboxylic acids is 4. The van der Waals surface area contributed by atoms with Crippen LogP contribution in [0.4, 0.5) is 5.69 Å². The van der Waals surface area contributed by atoms with Crippen LogP contribution in [0.3, 0.4) is 0 Å². The molecule has 0 saturated carbocycles. The van der Waals surface area contributed by atoms with Gasteiger partial charge in [-0.3, -0.25) is 29.4 Å². The first-order valence-corrected chi connectivity index (χ1v) is 10.9. The third-order valence-corrected chi connectivity index (χ3v) is 7.22. The van der Waals surface area contributed by atoms with Gasteiger partial charge in [-0.2, -0.15) is 0 Å². The van der Waals surface area contributed by atoms with E-state index in [0.717, 1.165) is 12.8 Å². The molecule has 5 rings (SSSR count). The standard InChI is InChI=1S/C21H23ClN4O5/c22-12-5-1-4-11-17(12)24-20(30)21(11)16-15(13(25-21)6-7-14(23)27)18(28)26(19(16)29)9-10-3-2-8-31-10/h1,4-5,10,13,15-16,25H,2-3,6-9H2,(H2,23,27)(H,24,30)/t10-,13-,15+,16+,21+/m0/s1. The number of carbonyl (C=O) groups is 4. The predicted octanol–water partition coefficient (Wildman–Crippen LogP) is 0.505. The molecule has 10 heteroatoms. The van der Waals surface area contributed by atoms with E-state index in [9.17, 15) is 19.2 Å². The van der Waals surface area contributed by atoms with E-state index in [-0.39, 0.29) is 31.4 Å². The molecule has 9 nitrogen and oxygen atoms in total. The first kappa shape index (κ1) is 20.4. The number of halogens is 1. The van der Waals surface area contributed by atoms with Crippen molar-refractivity contribution < 1.29 is 23.9 Å². The molecule has 31 heavy (non-hydrogen) atoms. The molecule has 0 unspecified atom stereocenters. The fraction of sp³-hybridized carbons (Fsp3) is 0.524. The second kappa shape index (κ2) is 7.29. The molecule has 1 spiro atoms. The summed E-state index contributed by atoms with van der Waals surface area (Å²) in [6.07, 6.45) is 1.75. The Morgan fingerprint density at radius 3 is 2.81 bits per heavy atom. The van der Waals surface area contributed by atoms with E-state index in [4.69, 9.17) is 22.1 Å². The van der Waals surface area contributed by atoms with Crippen LogP contribution in [0, 0.1) is 11.8 Å². The zero-order chi connectivity index (χ0) is 21.9. The van der Waals surface area contributed by atoms with Gasteiger partial charge in [-0.1, -0.05) is 23.7 Å². The third-order valence-electron chi connectivity index (χ3n) is 6.90. The van der Waals surface area contributed by atoms with E-state index >= 15 is 0 Å². The Bertz CT molecular complexity index is 994. The fourth-order valence-electron chi connectivity index (χ4n) is 5.57. The number of imide groups is 1. The zero-order valence-corrected chi connectivity index (χ0v) is 17.5. The van der Waals surface area contributed by atoms with Gasteiger partial charge in [0.25, 0.3) is 0 Å². The van der Waals surface area contributed by atoms with Crippen molar-refractivity contribution in [3.63, 3.8) is 0 Å². The number of nitrogens with two attached hydrogens (primary N) is 1. The quantitative estimate of drug-likeness (QED) is 0.565. The lowest BCUT2D eigenvalue weighted by atomic mass is 9.76. The smallest absolute Gasteiger partial charge is 0.250 e. The Hall–Kier alpha value is -2.49. The van der Waals surface area contributed by atoms with E-state index in [2.05, 4.69) is 10.6 Å². The largest absolute Gasteiger partial charge is 0.376 e. The van der Waals surface area contributed by atoms with Gasteiger partial charge in [-0.15, -0.1) is 0 Å². The Morgan fingerprint density at radius 1 is 1.29 bits per heavy atom. The van der Waals surface area contributed by atoms with E-state index in [0.29, 0.717) is 22.9 Å². The predicted molar refractivity (Wildman–Crippen MR) is 110 cm³/mol. The number of para-hydroxylation sites is 1. The average Bonchev–Trinajstić information content (AvgIpc) is 3.47. The lowest BCUT2D eigenvalue weighted by molar-refractivity contribution is -0.144. The van der Waals surface area contributed by atoms with Gasteiger partial charge in [0.1, 0.15) is 5.54 Å². The van der Waals surface area contributed by atoms with Crippen molar-refractivity contribution in [1.29, 1.82) is 0 Å². The number of primary amides is 1. The molecular weight excluding hydrogens is 424 g/mol.